The second-order valence-corrected chi connectivity index (χ2v) is 7.20. The van der Waals surface area contributed by atoms with E-state index in [0.29, 0.717) is 11.0 Å². The summed E-state index contributed by atoms with van der Waals surface area (Å²) in [5.41, 5.74) is 5.61. The Morgan fingerprint density at radius 2 is 2.00 bits per heavy atom. The third kappa shape index (κ3) is 2.90. The minimum Gasteiger partial charge on any atom is -0.382 e. The molecule has 2 rings (SSSR count). The van der Waals surface area contributed by atoms with Crippen LogP contribution in [0.2, 0.25) is 0 Å². The summed E-state index contributed by atoms with van der Waals surface area (Å²) in [6, 6.07) is 0.351. The zero-order chi connectivity index (χ0) is 12.5. The lowest BCUT2D eigenvalue weighted by Crippen LogP contribution is -2.22. The molecule has 0 spiro atoms. The topological polar surface area (TPSA) is 85.1 Å². The monoisotopic (exact) mass is 275 g/mol. The summed E-state index contributed by atoms with van der Waals surface area (Å²) in [6.07, 6.45) is 6.99. The number of nitrogens with zero attached hydrogens (tertiary/aromatic N) is 1. The van der Waals surface area contributed by atoms with Crippen molar-refractivity contribution in [3.05, 3.63) is 0 Å². The van der Waals surface area contributed by atoms with Crippen LogP contribution >= 0.6 is 11.5 Å². The quantitative estimate of drug-likeness (QED) is 0.879. The smallest absolute Gasteiger partial charge is 0.182 e. The van der Waals surface area contributed by atoms with Crippen LogP contribution in [0.25, 0.3) is 0 Å². The summed E-state index contributed by atoms with van der Waals surface area (Å²) in [5, 5.41) is 3.87. The highest BCUT2D eigenvalue weighted by atomic mass is 32.2. The summed E-state index contributed by atoms with van der Waals surface area (Å²) < 4.78 is 27.2. The minimum absolute atomic E-state index is 0.107. The number of nitrogen functional groups attached to an aromatic ring is 1. The molecule has 0 amide bonds. The Hall–Kier alpha value is -0.820. The molecule has 0 aliphatic heterocycles. The number of hydrogen-bond acceptors (Lipinski definition) is 6. The number of sulfone groups is 1. The fraction of sp³-hybridized carbons (Fsp3) is 0.700. The van der Waals surface area contributed by atoms with Crippen molar-refractivity contribution in [2.24, 2.45) is 0 Å². The SMILES string of the molecule is CS(=O)(=O)c1c(N)nsc1NC1CCCCC1. The molecule has 3 N–H and O–H groups in total. The van der Waals surface area contributed by atoms with Crippen molar-refractivity contribution >= 4 is 32.2 Å². The fourth-order valence-electron chi connectivity index (χ4n) is 2.18. The first-order chi connectivity index (χ1) is 7.98. The van der Waals surface area contributed by atoms with Gasteiger partial charge in [0.1, 0.15) is 9.90 Å². The Morgan fingerprint density at radius 1 is 1.35 bits per heavy atom. The van der Waals surface area contributed by atoms with E-state index in [0.717, 1.165) is 24.4 Å². The number of hydrogen-bond donors (Lipinski definition) is 2. The van der Waals surface area contributed by atoms with Crippen molar-refractivity contribution in [2.45, 2.75) is 43.0 Å². The van der Waals surface area contributed by atoms with E-state index in [2.05, 4.69) is 9.69 Å². The average molecular weight is 275 g/mol. The van der Waals surface area contributed by atoms with Crippen LogP contribution in [0.3, 0.4) is 0 Å². The Kier molecular flexibility index (Phi) is 3.58. The molecule has 1 aromatic rings. The Labute approximate surface area is 105 Å². The van der Waals surface area contributed by atoms with Crippen molar-refractivity contribution in [1.82, 2.24) is 4.37 Å². The fourth-order valence-corrected chi connectivity index (χ4v) is 4.31. The first kappa shape index (κ1) is 12.6. The molecule has 17 heavy (non-hydrogen) atoms. The minimum atomic E-state index is -3.31. The number of nitrogens with two attached hydrogens (primary N) is 1. The molecule has 0 aromatic carbocycles. The van der Waals surface area contributed by atoms with Gasteiger partial charge in [0.2, 0.25) is 0 Å². The van der Waals surface area contributed by atoms with Gasteiger partial charge in [-0.3, -0.25) is 0 Å². The van der Waals surface area contributed by atoms with Gasteiger partial charge >= 0.3 is 0 Å². The van der Waals surface area contributed by atoms with Gasteiger partial charge in [0.15, 0.2) is 15.7 Å². The zero-order valence-electron chi connectivity index (χ0n) is 9.77. The summed E-state index contributed by atoms with van der Waals surface area (Å²) in [5.74, 6) is 0.107. The highest BCUT2D eigenvalue weighted by Gasteiger charge is 2.23. The molecule has 0 saturated heterocycles. The standard InChI is InChI=1S/C10H17N3O2S2/c1-17(14,15)8-9(11)13-16-10(8)12-7-5-3-2-4-6-7/h7,12H,2-6H2,1H3,(H2,11,13). The van der Waals surface area contributed by atoms with Crippen LogP contribution < -0.4 is 11.1 Å². The van der Waals surface area contributed by atoms with Gasteiger partial charge in [-0.1, -0.05) is 19.3 Å². The van der Waals surface area contributed by atoms with Crippen molar-refractivity contribution in [1.29, 1.82) is 0 Å². The van der Waals surface area contributed by atoms with Crippen molar-refractivity contribution in [2.75, 3.05) is 17.3 Å². The first-order valence-electron chi connectivity index (χ1n) is 5.70. The molecule has 1 aliphatic carbocycles. The molecule has 0 bridgehead atoms. The molecule has 0 unspecified atom stereocenters. The van der Waals surface area contributed by atoms with E-state index in [-0.39, 0.29) is 10.7 Å². The van der Waals surface area contributed by atoms with Crippen LogP contribution in [-0.2, 0) is 9.84 Å². The van der Waals surface area contributed by atoms with E-state index in [9.17, 15) is 8.42 Å². The van der Waals surface area contributed by atoms with Gasteiger partial charge < -0.3 is 11.1 Å². The van der Waals surface area contributed by atoms with Gasteiger partial charge in [-0.2, -0.15) is 4.37 Å². The molecule has 1 heterocycles. The maximum atomic E-state index is 11.6. The number of anilines is 2. The van der Waals surface area contributed by atoms with Crippen molar-refractivity contribution < 1.29 is 8.42 Å². The molecule has 7 heteroatoms. The van der Waals surface area contributed by atoms with Crippen LogP contribution in [0.15, 0.2) is 4.90 Å². The molecule has 1 fully saturated rings. The van der Waals surface area contributed by atoms with E-state index < -0.39 is 9.84 Å². The van der Waals surface area contributed by atoms with E-state index in [1.165, 1.54) is 25.5 Å². The summed E-state index contributed by atoms with van der Waals surface area (Å²) in [7, 11) is -3.31. The molecule has 1 aliphatic rings. The second kappa shape index (κ2) is 4.81. The number of rotatable bonds is 3. The zero-order valence-corrected chi connectivity index (χ0v) is 11.4. The maximum absolute atomic E-state index is 11.6. The van der Waals surface area contributed by atoms with Gasteiger partial charge in [-0.05, 0) is 24.4 Å². The van der Waals surface area contributed by atoms with E-state index in [1.807, 2.05) is 0 Å². The van der Waals surface area contributed by atoms with Crippen LogP contribution in [0.4, 0.5) is 10.8 Å². The molecule has 96 valence electrons. The van der Waals surface area contributed by atoms with Crippen LogP contribution in [0.1, 0.15) is 32.1 Å². The van der Waals surface area contributed by atoms with Crippen LogP contribution in [-0.4, -0.2) is 25.1 Å². The normalized spacial score (nSPS) is 18.2. The van der Waals surface area contributed by atoms with Crippen LogP contribution in [0.5, 0.6) is 0 Å². The van der Waals surface area contributed by atoms with Crippen molar-refractivity contribution in [3.8, 4) is 0 Å². The van der Waals surface area contributed by atoms with E-state index in [4.69, 9.17) is 5.73 Å². The molecular formula is C10H17N3O2S2. The largest absolute Gasteiger partial charge is 0.382 e. The Morgan fingerprint density at radius 3 is 2.59 bits per heavy atom. The van der Waals surface area contributed by atoms with Gasteiger partial charge in [-0.15, -0.1) is 0 Å². The summed E-state index contributed by atoms with van der Waals surface area (Å²) in [6.45, 7) is 0. The third-order valence-electron chi connectivity index (χ3n) is 2.99. The highest BCUT2D eigenvalue weighted by molar-refractivity contribution is 7.91. The van der Waals surface area contributed by atoms with E-state index in [1.54, 1.807) is 0 Å². The first-order valence-corrected chi connectivity index (χ1v) is 8.36. The lowest BCUT2D eigenvalue weighted by molar-refractivity contribution is 0.463. The van der Waals surface area contributed by atoms with Gasteiger partial charge in [-0.25, -0.2) is 8.42 Å². The number of aromatic nitrogens is 1. The average Bonchev–Trinajstić information content (AvgIpc) is 2.60. The predicted octanol–water partition coefficient (Wildman–Crippen LogP) is 1.87. The van der Waals surface area contributed by atoms with Gasteiger partial charge in [0.25, 0.3) is 0 Å². The molecule has 5 nitrogen and oxygen atoms in total. The molecule has 1 saturated carbocycles. The van der Waals surface area contributed by atoms with Gasteiger partial charge in [0.05, 0.1) is 0 Å². The molecule has 0 radical (unpaired) electrons. The van der Waals surface area contributed by atoms with Gasteiger partial charge in [0, 0.05) is 12.3 Å². The maximum Gasteiger partial charge on any atom is 0.182 e. The molecular weight excluding hydrogens is 258 g/mol. The summed E-state index contributed by atoms with van der Waals surface area (Å²) >= 11 is 1.13. The summed E-state index contributed by atoms with van der Waals surface area (Å²) in [4.78, 5) is 0.160. The molecule has 1 aromatic heterocycles. The van der Waals surface area contributed by atoms with Crippen molar-refractivity contribution in [3.63, 3.8) is 0 Å². The Bertz CT molecular complexity index is 490. The second-order valence-electron chi connectivity index (χ2n) is 4.48. The van der Waals surface area contributed by atoms with Crippen LogP contribution in [0, 0.1) is 0 Å². The predicted molar refractivity (Wildman–Crippen MR) is 70.1 cm³/mol. The molecule has 0 atom stereocenters. The highest BCUT2D eigenvalue weighted by Crippen LogP contribution is 2.33. The third-order valence-corrected chi connectivity index (χ3v) is 5.06. The lowest BCUT2D eigenvalue weighted by atomic mass is 9.96. The van der Waals surface area contributed by atoms with E-state index >= 15 is 0 Å². The lowest BCUT2D eigenvalue weighted by Gasteiger charge is -2.23. The Balaban J connectivity index is 2.21. The number of nitrogens with one attached hydrogen (secondary N) is 1.